The third kappa shape index (κ3) is 3.10. The molecule has 1 atom stereocenters. The maximum absolute atomic E-state index is 5.96. The lowest BCUT2D eigenvalue weighted by Crippen LogP contribution is -2.25. The van der Waals surface area contributed by atoms with E-state index in [1.54, 1.807) is 7.11 Å². The van der Waals surface area contributed by atoms with Gasteiger partial charge in [0, 0.05) is 25.2 Å². The smallest absolute Gasteiger partial charge is 0.213 e. The average molecular weight is 284 g/mol. The monoisotopic (exact) mass is 284 g/mol. The second-order valence-corrected chi connectivity index (χ2v) is 5.32. The zero-order valence-corrected chi connectivity index (χ0v) is 12.5. The number of hydrogen-bond donors (Lipinski definition) is 0. The van der Waals surface area contributed by atoms with Crippen LogP contribution in [0.5, 0.6) is 11.6 Å². The van der Waals surface area contributed by atoms with Gasteiger partial charge in [-0.2, -0.15) is 0 Å². The van der Waals surface area contributed by atoms with Crippen LogP contribution in [0.2, 0.25) is 0 Å². The summed E-state index contributed by atoms with van der Waals surface area (Å²) in [5.74, 6) is 1.61. The number of methoxy groups -OCH3 is 1. The minimum absolute atomic E-state index is 0.171. The molecule has 21 heavy (non-hydrogen) atoms. The minimum atomic E-state index is 0.171. The number of nitrogens with zero attached hydrogens (tertiary/aromatic N) is 2. The second kappa shape index (κ2) is 6.04. The van der Waals surface area contributed by atoms with Crippen LogP contribution in [0.3, 0.4) is 0 Å². The van der Waals surface area contributed by atoms with Crippen LogP contribution in [0.15, 0.2) is 42.6 Å². The van der Waals surface area contributed by atoms with Gasteiger partial charge in [-0.05, 0) is 24.6 Å². The molecule has 0 aliphatic carbocycles. The largest absolute Gasteiger partial charge is 0.495 e. The fraction of sp³-hybridized carbons (Fsp3) is 0.353. The highest BCUT2D eigenvalue weighted by atomic mass is 16.5. The van der Waals surface area contributed by atoms with Crippen LogP contribution < -0.4 is 14.4 Å². The molecule has 1 aromatic heterocycles. The van der Waals surface area contributed by atoms with Crippen molar-refractivity contribution in [3.63, 3.8) is 0 Å². The molecule has 1 fully saturated rings. The van der Waals surface area contributed by atoms with E-state index in [9.17, 15) is 0 Å². The standard InChI is InChI=1S/C17H20N2O2/c1-13-7-8-17(18-11-13)21-14-9-10-19(12-14)15-5-3-4-6-16(15)20-2/h3-8,11,14H,9-10,12H2,1-2H3. The van der Waals surface area contributed by atoms with Crippen molar-refractivity contribution in [1.82, 2.24) is 4.98 Å². The molecule has 0 saturated carbocycles. The first-order chi connectivity index (χ1) is 10.3. The Morgan fingerprint density at radius 3 is 2.81 bits per heavy atom. The van der Waals surface area contributed by atoms with E-state index in [0.717, 1.165) is 36.5 Å². The highest BCUT2D eigenvalue weighted by Gasteiger charge is 2.26. The van der Waals surface area contributed by atoms with Crippen molar-refractivity contribution in [3.8, 4) is 11.6 Å². The summed E-state index contributed by atoms with van der Waals surface area (Å²) in [5, 5.41) is 0. The van der Waals surface area contributed by atoms with Crippen LogP contribution in [0.25, 0.3) is 0 Å². The number of benzene rings is 1. The van der Waals surface area contributed by atoms with Crippen molar-refractivity contribution >= 4 is 5.69 Å². The van der Waals surface area contributed by atoms with Crippen LogP contribution in [0.4, 0.5) is 5.69 Å². The van der Waals surface area contributed by atoms with Gasteiger partial charge in [0.1, 0.15) is 11.9 Å². The number of ether oxygens (including phenoxy) is 2. The van der Waals surface area contributed by atoms with Gasteiger partial charge in [0.25, 0.3) is 0 Å². The van der Waals surface area contributed by atoms with Gasteiger partial charge in [0.2, 0.25) is 5.88 Å². The fourth-order valence-corrected chi connectivity index (χ4v) is 2.63. The quantitative estimate of drug-likeness (QED) is 0.864. The number of aryl methyl sites for hydroxylation is 1. The topological polar surface area (TPSA) is 34.6 Å². The van der Waals surface area contributed by atoms with Crippen LogP contribution in [-0.2, 0) is 0 Å². The van der Waals surface area contributed by atoms with E-state index in [-0.39, 0.29) is 6.10 Å². The molecule has 1 unspecified atom stereocenters. The summed E-state index contributed by atoms with van der Waals surface area (Å²) < 4.78 is 11.4. The first kappa shape index (κ1) is 13.7. The molecular formula is C17H20N2O2. The molecule has 3 rings (SSSR count). The number of para-hydroxylation sites is 2. The molecule has 4 nitrogen and oxygen atoms in total. The number of rotatable bonds is 4. The maximum Gasteiger partial charge on any atom is 0.213 e. The molecule has 2 aromatic rings. The SMILES string of the molecule is COc1ccccc1N1CCC(Oc2ccc(C)cn2)C1. The van der Waals surface area contributed by atoms with E-state index in [1.165, 1.54) is 0 Å². The lowest BCUT2D eigenvalue weighted by Gasteiger charge is -2.21. The van der Waals surface area contributed by atoms with E-state index in [1.807, 2.05) is 43.5 Å². The number of aromatic nitrogens is 1. The van der Waals surface area contributed by atoms with Crippen LogP contribution in [0.1, 0.15) is 12.0 Å². The van der Waals surface area contributed by atoms with Crippen molar-refractivity contribution in [2.75, 3.05) is 25.1 Å². The molecule has 2 heterocycles. The summed E-state index contributed by atoms with van der Waals surface area (Å²) in [5.41, 5.74) is 2.27. The van der Waals surface area contributed by atoms with Crippen LogP contribution >= 0.6 is 0 Å². The third-order valence-electron chi connectivity index (χ3n) is 3.74. The van der Waals surface area contributed by atoms with Gasteiger partial charge in [0.15, 0.2) is 0 Å². The van der Waals surface area contributed by atoms with Gasteiger partial charge in [-0.25, -0.2) is 4.98 Å². The summed E-state index contributed by atoms with van der Waals surface area (Å²) in [6.45, 7) is 3.85. The number of anilines is 1. The molecule has 0 amide bonds. The third-order valence-corrected chi connectivity index (χ3v) is 3.74. The Balaban J connectivity index is 1.66. The normalized spacial score (nSPS) is 17.8. The van der Waals surface area contributed by atoms with E-state index in [4.69, 9.17) is 9.47 Å². The highest BCUT2D eigenvalue weighted by molar-refractivity contribution is 5.59. The van der Waals surface area contributed by atoms with Gasteiger partial charge in [-0.15, -0.1) is 0 Å². The first-order valence-corrected chi connectivity index (χ1v) is 7.23. The summed E-state index contributed by atoms with van der Waals surface area (Å²) in [4.78, 5) is 6.61. The number of hydrogen-bond acceptors (Lipinski definition) is 4. The lowest BCUT2D eigenvalue weighted by atomic mass is 10.2. The molecule has 0 N–H and O–H groups in total. The van der Waals surface area contributed by atoms with Crippen molar-refractivity contribution in [2.24, 2.45) is 0 Å². The van der Waals surface area contributed by atoms with Gasteiger partial charge in [-0.1, -0.05) is 18.2 Å². The van der Waals surface area contributed by atoms with Crippen LogP contribution in [-0.4, -0.2) is 31.3 Å². The predicted molar refractivity (Wildman–Crippen MR) is 83.2 cm³/mol. The first-order valence-electron chi connectivity index (χ1n) is 7.23. The Kier molecular flexibility index (Phi) is 3.95. The Morgan fingerprint density at radius 2 is 2.05 bits per heavy atom. The second-order valence-electron chi connectivity index (χ2n) is 5.32. The van der Waals surface area contributed by atoms with Crippen molar-refractivity contribution < 1.29 is 9.47 Å². The number of pyridine rings is 1. The Labute approximate surface area is 125 Å². The zero-order valence-electron chi connectivity index (χ0n) is 12.5. The summed E-state index contributed by atoms with van der Waals surface area (Å²) >= 11 is 0. The van der Waals surface area contributed by atoms with E-state index in [2.05, 4.69) is 16.0 Å². The summed E-state index contributed by atoms with van der Waals surface area (Å²) in [6, 6.07) is 12.1. The van der Waals surface area contributed by atoms with Crippen molar-refractivity contribution in [1.29, 1.82) is 0 Å². The molecule has 1 saturated heterocycles. The summed E-state index contributed by atoms with van der Waals surface area (Å²) in [7, 11) is 1.71. The molecular weight excluding hydrogens is 264 g/mol. The molecule has 4 heteroatoms. The molecule has 1 aliphatic rings. The lowest BCUT2D eigenvalue weighted by molar-refractivity contribution is 0.216. The molecule has 1 aliphatic heterocycles. The molecule has 110 valence electrons. The minimum Gasteiger partial charge on any atom is -0.495 e. The van der Waals surface area contributed by atoms with Crippen molar-refractivity contribution in [2.45, 2.75) is 19.4 Å². The van der Waals surface area contributed by atoms with E-state index in [0.29, 0.717) is 5.88 Å². The highest BCUT2D eigenvalue weighted by Crippen LogP contribution is 2.31. The molecule has 0 spiro atoms. The fourth-order valence-electron chi connectivity index (χ4n) is 2.63. The van der Waals surface area contributed by atoms with E-state index >= 15 is 0 Å². The Hall–Kier alpha value is -2.23. The van der Waals surface area contributed by atoms with E-state index < -0.39 is 0 Å². The molecule has 0 radical (unpaired) electrons. The van der Waals surface area contributed by atoms with Gasteiger partial charge < -0.3 is 14.4 Å². The Bertz CT molecular complexity index is 598. The van der Waals surface area contributed by atoms with Gasteiger partial charge in [0.05, 0.1) is 19.3 Å². The summed E-state index contributed by atoms with van der Waals surface area (Å²) in [6.07, 6.45) is 3.00. The van der Waals surface area contributed by atoms with Gasteiger partial charge in [-0.3, -0.25) is 0 Å². The predicted octanol–water partition coefficient (Wildman–Crippen LogP) is 3.06. The van der Waals surface area contributed by atoms with Crippen LogP contribution in [0, 0.1) is 6.92 Å². The maximum atomic E-state index is 5.96. The molecule has 1 aromatic carbocycles. The van der Waals surface area contributed by atoms with Gasteiger partial charge >= 0.3 is 0 Å². The average Bonchev–Trinajstić information content (AvgIpc) is 2.98. The Morgan fingerprint density at radius 1 is 1.19 bits per heavy atom. The molecule has 0 bridgehead atoms. The zero-order chi connectivity index (χ0) is 14.7. The van der Waals surface area contributed by atoms with Crippen molar-refractivity contribution in [3.05, 3.63) is 48.2 Å².